The number of carbonyl (C=O) groups is 3. The molecule has 0 bridgehead atoms. The molecule has 3 aromatic rings. The lowest BCUT2D eigenvalue weighted by molar-refractivity contribution is -0.130. The number of hydrogen-bond donors (Lipinski definition) is 1. The molecule has 1 aromatic heterocycles. The Balaban J connectivity index is 1.44. The van der Waals surface area contributed by atoms with E-state index in [9.17, 15) is 14.4 Å². The monoisotopic (exact) mass is 602 g/mol. The summed E-state index contributed by atoms with van der Waals surface area (Å²) in [6, 6.07) is 16.1. The molecule has 8 heteroatoms. The highest BCUT2D eigenvalue weighted by molar-refractivity contribution is 7.18. The van der Waals surface area contributed by atoms with Crippen LogP contribution in [-0.2, 0) is 33.6 Å². The fourth-order valence-corrected chi connectivity index (χ4v) is 6.61. The van der Waals surface area contributed by atoms with Gasteiger partial charge in [-0.15, -0.1) is 11.3 Å². The third-order valence-electron chi connectivity index (χ3n) is 8.36. The number of Topliss-reactive ketones (excluding diaryl/α,β-unsaturated/α-hetero) is 2. The number of hydrogen-bond acceptors (Lipinski definition) is 7. The molecule has 4 rings (SSSR count). The van der Waals surface area contributed by atoms with Gasteiger partial charge in [-0.25, -0.2) is 4.98 Å². The molecule has 7 nitrogen and oxygen atoms in total. The third-order valence-corrected chi connectivity index (χ3v) is 9.40. The standard InChI is InChI=1S/C35H46N4O3S/c1-5-26-12-14-31-33(21-26)43-34(37-31)23-28(22-30(40)6-2)35(42)36-29(20-27-10-8-7-9-11-27)13-15-32(41)25(3)24-39-18-16-38(4)17-19-39/h7-12,14,21,28-29H,3,5-6,13,15-20,22-24H2,1-2,4H3,(H,36,42)/t28-,29+/m0/s1. The minimum atomic E-state index is -0.514. The average molecular weight is 603 g/mol. The molecular weight excluding hydrogens is 556 g/mol. The van der Waals surface area contributed by atoms with Gasteiger partial charge in [0.25, 0.3) is 0 Å². The Labute approximate surface area is 260 Å². The van der Waals surface area contributed by atoms with Crippen molar-refractivity contribution >= 4 is 39.0 Å². The first-order valence-corrected chi connectivity index (χ1v) is 16.4. The first kappa shape index (κ1) is 32.7. The van der Waals surface area contributed by atoms with Gasteiger partial charge >= 0.3 is 0 Å². The number of fused-ring (bicyclic) bond motifs is 1. The number of nitrogens with zero attached hydrogens (tertiary/aromatic N) is 3. The maximum atomic E-state index is 13.8. The lowest BCUT2D eigenvalue weighted by atomic mass is 9.94. The quantitative estimate of drug-likeness (QED) is 0.225. The van der Waals surface area contributed by atoms with Gasteiger partial charge in [0.05, 0.1) is 21.1 Å². The number of thiazole rings is 1. The van der Waals surface area contributed by atoms with E-state index in [1.165, 1.54) is 5.56 Å². The first-order valence-electron chi connectivity index (χ1n) is 15.6. The summed E-state index contributed by atoms with van der Waals surface area (Å²) in [6.07, 6.45) is 3.38. The molecule has 1 aliphatic rings. The number of benzene rings is 2. The minimum Gasteiger partial charge on any atom is -0.353 e. The largest absolute Gasteiger partial charge is 0.353 e. The topological polar surface area (TPSA) is 82.6 Å². The Morgan fingerprint density at radius 3 is 2.44 bits per heavy atom. The molecule has 1 aliphatic heterocycles. The molecule has 1 saturated heterocycles. The summed E-state index contributed by atoms with van der Waals surface area (Å²) < 4.78 is 1.10. The van der Waals surface area contributed by atoms with Crippen molar-refractivity contribution in [2.75, 3.05) is 39.8 Å². The lowest BCUT2D eigenvalue weighted by Crippen LogP contribution is -2.45. The SMILES string of the molecule is C=C(CN1CCN(C)CC1)C(=O)CC[C@H](Cc1ccccc1)NC(=O)[C@@H](CC(=O)CC)Cc1nc2ccc(CC)cc2s1. The van der Waals surface area contributed by atoms with Crippen molar-refractivity contribution in [1.82, 2.24) is 20.1 Å². The second kappa shape index (κ2) is 16.0. The molecule has 2 aromatic carbocycles. The van der Waals surface area contributed by atoms with Crippen molar-refractivity contribution in [3.63, 3.8) is 0 Å². The zero-order chi connectivity index (χ0) is 30.8. The molecule has 0 unspecified atom stereocenters. The van der Waals surface area contributed by atoms with Crippen molar-refractivity contribution in [1.29, 1.82) is 0 Å². The first-order chi connectivity index (χ1) is 20.7. The van der Waals surface area contributed by atoms with Gasteiger partial charge < -0.3 is 10.2 Å². The van der Waals surface area contributed by atoms with Crippen LogP contribution in [0.5, 0.6) is 0 Å². The van der Waals surface area contributed by atoms with Gasteiger partial charge in [-0.1, -0.05) is 56.8 Å². The Morgan fingerprint density at radius 2 is 1.74 bits per heavy atom. The highest BCUT2D eigenvalue weighted by atomic mass is 32.1. The zero-order valence-corrected chi connectivity index (χ0v) is 26.8. The van der Waals surface area contributed by atoms with Crippen LogP contribution in [0.4, 0.5) is 0 Å². The summed E-state index contributed by atoms with van der Waals surface area (Å²) >= 11 is 1.60. The average Bonchev–Trinajstić information content (AvgIpc) is 3.42. The van der Waals surface area contributed by atoms with Crippen molar-refractivity contribution in [2.45, 2.75) is 64.8 Å². The molecule has 0 spiro atoms. The smallest absolute Gasteiger partial charge is 0.224 e. The Hall–Kier alpha value is -3.20. The number of ketones is 2. The van der Waals surface area contributed by atoms with E-state index in [2.05, 4.69) is 47.8 Å². The van der Waals surface area contributed by atoms with Crippen LogP contribution in [0, 0.1) is 5.92 Å². The molecule has 1 amide bonds. The van der Waals surface area contributed by atoms with Gasteiger partial charge in [0.2, 0.25) is 5.91 Å². The van der Waals surface area contributed by atoms with Crippen LogP contribution in [0.15, 0.2) is 60.7 Å². The summed E-state index contributed by atoms with van der Waals surface area (Å²) in [5.74, 6) is -0.561. The van der Waals surface area contributed by atoms with Crippen molar-refractivity contribution < 1.29 is 14.4 Å². The van der Waals surface area contributed by atoms with E-state index in [-0.39, 0.29) is 29.9 Å². The van der Waals surface area contributed by atoms with Crippen LogP contribution in [0.3, 0.4) is 0 Å². The van der Waals surface area contributed by atoms with E-state index in [4.69, 9.17) is 4.98 Å². The number of rotatable bonds is 16. The van der Waals surface area contributed by atoms with Gasteiger partial charge in [-0.05, 0) is 49.6 Å². The van der Waals surface area contributed by atoms with E-state index in [0.29, 0.717) is 44.2 Å². The fraction of sp³-hybridized carbons (Fsp3) is 0.486. The second-order valence-electron chi connectivity index (χ2n) is 11.8. The van der Waals surface area contributed by atoms with Crippen LogP contribution < -0.4 is 5.32 Å². The molecule has 0 radical (unpaired) electrons. The van der Waals surface area contributed by atoms with E-state index < -0.39 is 5.92 Å². The molecule has 1 N–H and O–H groups in total. The zero-order valence-electron chi connectivity index (χ0n) is 25.9. The van der Waals surface area contributed by atoms with Crippen molar-refractivity contribution in [3.8, 4) is 0 Å². The summed E-state index contributed by atoms with van der Waals surface area (Å²) in [6.45, 7) is 12.5. The minimum absolute atomic E-state index is 0.0462. The maximum absolute atomic E-state index is 13.8. The van der Waals surface area contributed by atoms with Gasteiger partial charge in [-0.3, -0.25) is 19.3 Å². The second-order valence-corrected chi connectivity index (χ2v) is 12.9. The van der Waals surface area contributed by atoms with Gasteiger partial charge in [0.1, 0.15) is 5.78 Å². The molecule has 1 fully saturated rings. The lowest BCUT2D eigenvalue weighted by Gasteiger charge is -2.32. The van der Waals surface area contributed by atoms with Crippen LogP contribution in [0.2, 0.25) is 0 Å². The molecule has 2 atom stereocenters. The molecule has 2 heterocycles. The molecule has 43 heavy (non-hydrogen) atoms. The highest BCUT2D eigenvalue weighted by Crippen LogP contribution is 2.27. The molecular formula is C35H46N4O3S. The number of likely N-dealkylation sites (N-methyl/N-ethyl adjacent to an activating group) is 1. The number of nitrogens with one attached hydrogen (secondary N) is 1. The summed E-state index contributed by atoms with van der Waals surface area (Å²) in [7, 11) is 2.11. The van der Waals surface area contributed by atoms with Crippen molar-refractivity contribution in [2.24, 2.45) is 5.92 Å². The molecule has 230 valence electrons. The maximum Gasteiger partial charge on any atom is 0.224 e. The number of piperazine rings is 1. The number of aromatic nitrogens is 1. The molecule has 0 aliphatic carbocycles. The summed E-state index contributed by atoms with van der Waals surface area (Å²) in [5, 5.41) is 4.10. The van der Waals surface area contributed by atoms with E-state index in [1.54, 1.807) is 11.3 Å². The predicted molar refractivity (Wildman–Crippen MR) is 176 cm³/mol. The van der Waals surface area contributed by atoms with E-state index >= 15 is 0 Å². The van der Waals surface area contributed by atoms with Crippen LogP contribution in [0.25, 0.3) is 10.2 Å². The Bertz CT molecular complexity index is 1390. The van der Waals surface area contributed by atoms with E-state index in [1.807, 2.05) is 43.3 Å². The highest BCUT2D eigenvalue weighted by Gasteiger charge is 2.26. The van der Waals surface area contributed by atoms with Gasteiger partial charge in [-0.2, -0.15) is 0 Å². The fourth-order valence-electron chi connectivity index (χ4n) is 5.50. The van der Waals surface area contributed by atoms with Crippen LogP contribution in [0.1, 0.15) is 55.7 Å². The van der Waals surface area contributed by atoms with Crippen LogP contribution in [-0.4, -0.2) is 78.1 Å². The van der Waals surface area contributed by atoms with Gasteiger partial charge in [0.15, 0.2) is 5.78 Å². The number of aryl methyl sites for hydroxylation is 1. The normalized spacial score (nSPS) is 15.7. The Morgan fingerprint density at radius 1 is 1.00 bits per heavy atom. The Kier molecular flexibility index (Phi) is 12.2. The summed E-state index contributed by atoms with van der Waals surface area (Å²) in [5.41, 5.74) is 3.90. The molecule has 0 saturated carbocycles. The van der Waals surface area contributed by atoms with E-state index in [0.717, 1.165) is 53.4 Å². The van der Waals surface area contributed by atoms with Crippen molar-refractivity contribution in [3.05, 3.63) is 76.8 Å². The van der Waals surface area contributed by atoms with Crippen LogP contribution >= 0.6 is 11.3 Å². The number of amides is 1. The third kappa shape index (κ3) is 9.91. The van der Waals surface area contributed by atoms with Gasteiger partial charge in [0, 0.05) is 70.0 Å². The summed E-state index contributed by atoms with van der Waals surface area (Å²) in [4.78, 5) is 48.8. The number of carbonyl (C=O) groups excluding carboxylic acids is 3. The predicted octanol–water partition coefficient (Wildman–Crippen LogP) is 5.27.